The first-order valence-electron chi connectivity index (χ1n) is 8.60. The number of nitrogens with zero attached hydrogens (tertiary/aromatic N) is 3. The highest BCUT2D eigenvalue weighted by atomic mass is 32.2. The molecule has 152 valence electrons. The molecule has 0 bridgehead atoms. The molecule has 6 nitrogen and oxygen atoms in total. The van der Waals surface area contributed by atoms with Gasteiger partial charge in [-0.05, 0) is 29.6 Å². The number of hydrogen-bond acceptors (Lipinski definition) is 6. The van der Waals surface area contributed by atoms with Crippen LogP contribution in [0.1, 0.15) is 9.67 Å². The van der Waals surface area contributed by atoms with E-state index in [2.05, 4.69) is 4.98 Å². The van der Waals surface area contributed by atoms with Gasteiger partial charge >= 0.3 is 0 Å². The van der Waals surface area contributed by atoms with Gasteiger partial charge in [0.15, 0.2) is 11.6 Å². The Bertz CT molecular complexity index is 1140. The van der Waals surface area contributed by atoms with E-state index in [9.17, 15) is 22.0 Å². The van der Waals surface area contributed by atoms with Crippen molar-refractivity contribution in [1.82, 2.24) is 14.2 Å². The van der Waals surface area contributed by atoms with E-state index in [0.717, 1.165) is 22.0 Å². The van der Waals surface area contributed by atoms with Gasteiger partial charge in [0, 0.05) is 26.2 Å². The van der Waals surface area contributed by atoms with Crippen molar-refractivity contribution in [3.63, 3.8) is 0 Å². The SMILES string of the molecule is O=C(c1cnc(-c2cccs2)s1)N1CCN(S(=O)(=O)c2ccc(F)c(F)c2)CC1. The van der Waals surface area contributed by atoms with Crippen LogP contribution in [0.4, 0.5) is 8.78 Å². The van der Waals surface area contributed by atoms with Gasteiger partial charge in [0.1, 0.15) is 9.88 Å². The molecule has 0 spiro atoms. The number of hydrogen-bond donors (Lipinski definition) is 0. The lowest BCUT2D eigenvalue weighted by molar-refractivity contribution is 0.0702. The van der Waals surface area contributed by atoms with E-state index >= 15 is 0 Å². The van der Waals surface area contributed by atoms with Gasteiger partial charge in [-0.1, -0.05) is 6.07 Å². The summed E-state index contributed by atoms with van der Waals surface area (Å²) in [6.07, 6.45) is 1.53. The zero-order valence-electron chi connectivity index (χ0n) is 14.9. The lowest BCUT2D eigenvalue weighted by Gasteiger charge is -2.33. The Morgan fingerprint density at radius 2 is 1.83 bits per heavy atom. The Balaban J connectivity index is 1.43. The molecule has 0 saturated carbocycles. The summed E-state index contributed by atoms with van der Waals surface area (Å²) in [4.78, 5) is 19.8. The highest BCUT2D eigenvalue weighted by Gasteiger charge is 2.31. The lowest BCUT2D eigenvalue weighted by atomic mass is 10.3. The minimum atomic E-state index is -3.96. The molecule has 29 heavy (non-hydrogen) atoms. The van der Waals surface area contributed by atoms with Gasteiger partial charge in [0.05, 0.1) is 16.0 Å². The fourth-order valence-corrected chi connectivity index (χ4v) is 6.08. The fourth-order valence-electron chi connectivity index (χ4n) is 2.96. The van der Waals surface area contributed by atoms with Crippen molar-refractivity contribution in [3.05, 3.63) is 58.4 Å². The van der Waals surface area contributed by atoms with Gasteiger partial charge in [-0.15, -0.1) is 22.7 Å². The average Bonchev–Trinajstić information content (AvgIpc) is 3.41. The van der Waals surface area contributed by atoms with Gasteiger partial charge < -0.3 is 4.90 Å². The van der Waals surface area contributed by atoms with Crippen molar-refractivity contribution in [2.24, 2.45) is 0 Å². The number of amides is 1. The van der Waals surface area contributed by atoms with Crippen molar-refractivity contribution < 1.29 is 22.0 Å². The first kappa shape index (κ1) is 20.1. The molecule has 0 atom stereocenters. The Hall–Kier alpha value is -2.21. The molecular formula is C18H15F2N3O3S3. The lowest BCUT2D eigenvalue weighted by Crippen LogP contribution is -2.50. The van der Waals surface area contributed by atoms with E-state index in [1.165, 1.54) is 33.2 Å². The largest absolute Gasteiger partial charge is 0.335 e. The van der Waals surface area contributed by atoms with Gasteiger partial charge in [-0.2, -0.15) is 4.31 Å². The van der Waals surface area contributed by atoms with Crippen LogP contribution in [0.5, 0.6) is 0 Å². The Morgan fingerprint density at radius 1 is 1.07 bits per heavy atom. The second-order valence-electron chi connectivity index (χ2n) is 6.28. The monoisotopic (exact) mass is 455 g/mol. The summed E-state index contributed by atoms with van der Waals surface area (Å²) < 4.78 is 53.0. The standard InChI is InChI=1S/C18H15F2N3O3S3/c19-13-4-3-12(10-14(13)20)29(25,26)23-7-5-22(6-8-23)18(24)16-11-21-17(28-16)15-2-1-9-27-15/h1-4,9-11H,5-8H2. The molecule has 1 fully saturated rings. The minimum Gasteiger partial charge on any atom is -0.335 e. The number of carbonyl (C=O) groups is 1. The maximum absolute atomic E-state index is 13.4. The second kappa shape index (κ2) is 7.90. The van der Waals surface area contributed by atoms with E-state index in [0.29, 0.717) is 10.9 Å². The molecule has 1 aromatic carbocycles. The zero-order chi connectivity index (χ0) is 20.6. The maximum Gasteiger partial charge on any atom is 0.265 e. The normalized spacial score (nSPS) is 15.6. The summed E-state index contributed by atoms with van der Waals surface area (Å²) >= 11 is 2.84. The first-order chi connectivity index (χ1) is 13.9. The number of aromatic nitrogens is 1. The number of halogens is 2. The Morgan fingerprint density at radius 3 is 2.48 bits per heavy atom. The Kier molecular flexibility index (Phi) is 5.47. The molecule has 1 aliphatic heterocycles. The number of thiazole rings is 1. The summed E-state index contributed by atoms with van der Waals surface area (Å²) in [5.74, 6) is -2.52. The number of carbonyl (C=O) groups excluding carboxylic acids is 1. The molecule has 1 saturated heterocycles. The summed E-state index contributed by atoms with van der Waals surface area (Å²) in [6.45, 7) is 0.551. The van der Waals surface area contributed by atoms with Crippen LogP contribution < -0.4 is 0 Å². The number of thiophene rings is 1. The smallest absolute Gasteiger partial charge is 0.265 e. The number of rotatable bonds is 4. The molecule has 11 heteroatoms. The molecule has 1 amide bonds. The summed E-state index contributed by atoms with van der Waals surface area (Å²) in [7, 11) is -3.96. The molecule has 0 aliphatic carbocycles. The number of benzene rings is 1. The van der Waals surface area contributed by atoms with Gasteiger partial charge in [0.25, 0.3) is 5.91 Å². The molecule has 0 N–H and O–H groups in total. The first-order valence-corrected chi connectivity index (χ1v) is 11.7. The third-order valence-electron chi connectivity index (χ3n) is 4.50. The third kappa shape index (κ3) is 3.95. The van der Waals surface area contributed by atoms with E-state index in [1.807, 2.05) is 17.5 Å². The molecule has 0 unspecified atom stereocenters. The van der Waals surface area contributed by atoms with Gasteiger partial charge in [-0.25, -0.2) is 22.2 Å². The molecule has 3 heterocycles. The van der Waals surface area contributed by atoms with E-state index in [-0.39, 0.29) is 37.0 Å². The van der Waals surface area contributed by atoms with Crippen molar-refractivity contribution in [2.75, 3.05) is 26.2 Å². The zero-order valence-corrected chi connectivity index (χ0v) is 17.4. The van der Waals surface area contributed by atoms with Crippen molar-refractivity contribution in [2.45, 2.75) is 4.90 Å². The molecular weight excluding hydrogens is 440 g/mol. The quantitative estimate of drug-likeness (QED) is 0.605. The number of piperazine rings is 1. The highest BCUT2D eigenvalue weighted by Crippen LogP contribution is 2.30. The van der Waals surface area contributed by atoms with E-state index < -0.39 is 21.7 Å². The third-order valence-corrected chi connectivity index (χ3v) is 8.42. The van der Waals surface area contributed by atoms with Crippen LogP contribution in [-0.2, 0) is 10.0 Å². The minimum absolute atomic E-state index is 0.0731. The van der Waals surface area contributed by atoms with Crippen LogP contribution in [0.15, 0.2) is 46.8 Å². The van der Waals surface area contributed by atoms with E-state index in [4.69, 9.17) is 0 Å². The molecule has 0 radical (unpaired) electrons. The maximum atomic E-state index is 13.4. The number of sulfonamides is 1. The van der Waals surface area contributed by atoms with Crippen molar-refractivity contribution in [3.8, 4) is 9.88 Å². The van der Waals surface area contributed by atoms with E-state index in [1.54, 1.807) is 4.90 Å². The molecule has 2 aromatic heterocycles. The van der Waals surface area contributed by atoms with Crippen LogP contribution in [0, 0.1) is 11.6 Å². The topological polar surface area (TPSA) is 70.6 Å². The predicted molar refractivity (Wildman–Crippen MR) is 106 cm³/mol. The average molecular weight is 456 g/mol. The molecule has 3 aromatic rings. The van der Waals surface area contributed by atoms with Crippen LogP contribution >= 0.6 is 22.7 Å². The molecule has 1 aliphatic rings. The van der Waals surface area contributed by atoms with Crippen LogP contribution in [0.3, 0.4) is 0 Å². The van der Waals surface area contributed by atoms with Crippen LogP contribution in [-0.4, -0.2) is 54.7 Å². The van der Waals surface area contributed by atoms with Gasteiger partial charge in [-0.3, -0.25) is 4.79 Å². The highest BCUT2D eigenvalue weighted by molar-refractivity contribution is 7.89. The van der Waals surface area contributed by atoms with Crippen LogP contribution in [0.25, 0.3) is 9.88 Å². The van der Waals surface area contributed by atoms with Crippen molar-refractivity contribution in [1.29, 1.82) is 0 Å². The molecule has 4 rings (SSSR count). The van der Waals surface area contributed by atoms with Crippen molar-refractivity contribution >= 4 is 38.6 Å². The Labute approximate surface area is 174 Å². The van der Waals surface area contributed by atoms with Crippen LogP contribution in [0.2, 0.25) is 0 Å². The predicted octanol–water partition coefficient (Wildman–Crippen LogP) is 3.30. The summed E-state index contributed by atoms with van der Waals surface area (Å²) in [6, 6.07) is 6.34. The summed E-state index contributed by atoms with van der Waals surface area (Å²) in [5.41, 5.74) is 0. The fraction of sp³-hybridized carbons (Fsp3) is 0.222. The summed E-state index contributed by atoms with van der Waals surface area (Å²) in [5, 5.41) is 2.70. The van der Waals surface area contributed by atoms with Gasteiger partial charge in [0.2, 0.25) is 10.0 Å². The second-order valence-corrected chi connectivity index (χ2v) is 10.2.